The summed E-state index contributed by atoms with van der Waals surface area (Å²) in [6, 6.07) is 5.54. The van der Waals surface area contributed by atoms with Crippen molar-refractivity contribution < 1.29 is 43.3 Å². The van der Waals surface area contributed by atoms with Gasteiger partial charge < -0.3 is 40.6 Å². The number of nitrogens with one attached hydrogen (secondary N) is 4. The number of esters is 1. The molecule has 1 aromatic carbocycles. The molecule has 13 heteroatoms. The standard InChI is InChI=1S/C26H36N4O9/c1-3-38-22(32)10-9-19(13-18-11-12-27-23(18)33)28-25(35)21(16-37-2)29-24(34)20(14-31)30-26(36)39-15-17-7-5-4-6-8-17/h4-10,18-21,31H,3,11-16H2,1-2H3,(H,27,33)(H,28,35)(H,29,34)(H,30,36)/t18-,19+,20-,21-/m0/s1. The Bertz CT molecular complexity index is 1000. The quantitative estimate of drug-likeness (QED) is 0.143. The Labute approximate surface area is 226 Å². The summed E-state index contributed by atoms with van der Waals surface area (Å²) in [4.78, 5) is 61.8. The van der Waals surface area contributed by atoms with Gasteiger partial charge in [0.05, 0.1) is 19.8 Å². The van der Waals surface area contributed by atoms with Gasteiger partial charge >= 0.3 is 12.1 Å². The lowest BCUT2D eigenvalue weighted by Crippen LogP contribution is -2.57. The second-order valence-electron chi connectivity index (χ2n) is 8.70. The van der Waals surface area contributed by atoms with Gasteiger partial charge in [0.1, 0.15) is 18.7 Å². The molecule has 214 valence electrons. The maximum Gasteiger partial charge on any atom is 0.408 e. The average molecular weight is 549 g/mol. The number of hydrogen-bond acceptors (Lipinski definition) is 9. The molecule has 0 spiro atoms. The van der Waals surface area contributed by atoms with Crippen molar-refractivity contribution >= 4 is 29.8 Å². The van der Waals surface area contributed by atoms with E-state index in [1.807, 2.05) is 6.07 Å². The van der Waals surface area contributed by atoms with Crippen molar-refractivity contribution in [3.8, 4) is 0 Å². The lowest BCUT2D eigenvalue weighted by Gasteiger charge is -2.24. The van der Waals surface area contributed by atoms with Gasteiger partial charge in [0.15, 0.2) is 0 Å². The van der Waals surface area contributed by atoms with Gasteiger partial charge in [-0.25, -0.2) is 9.59 Å². The number of alkyl carbamates (subject to hydrolysis) is 1. The molecule has 0 bridgehead atoms. The minimum atomic E-state index is -1.40. The Kier molecular flexibility index (Phi) is 13.4. The number of carbonyl (C=O) groups is 5. The zero-order valence-electron chi connectivity index (χ0n) is 22.0. The molecule has 4 atom stereocenters. The molecule has 0 aliphatic carbocycles. The highest BCUT2D eigenvalue weighted by atomic mass is 16.5. The lowest BCUT2D eigenvalue weighted by molar-refractivity contribution is -0.137. The van der Waals surface area contributed by atoms with Crippen molar-refractivity contribution in [3.63, 3.8) is 0 Å². The normalized spacial score (nSPS) is 17.0. The molecular formula is C26H36N4O9. The number of amides is 4. The zero-order valence-corrected chi connectivity index (χ0v) is 22.0. The van der Waals surface area contributed by atoms with Crippen LogP contribution in [0.25, 0.3) is 0 Å². The number of benzene rings is 1. The Hall–Kier alpha value is -3.97. The fourth-order valence-corrected chi connectivity index (χ4v) is 3.75. The van der Waals surface area contributed by atoms with E-state index in [0.717, 1.165) is 11.6 Å². The van der Waals surface area contributed by atoms with E-state index in [0.29, 0.717) is 13.0 Å². The minimum absolute atomic E-state index is 0.0408. The van der Waals surface area contributed by atoms with Crippen LogP contribution >= 0.6 is 0 Å². The molecule has 39 heavy (non-hydrogen) atoms. The molecule has 0 saturated carbocycles. The average Bonchev–Trinajstić information content (AvgIpc) is 3.33. The summed E-state index contributed by atoms with van der Waals surface area (Å²) in [6.45, 7) is 1.32. The molecule has 0 unspecified atom stereocenters. The van der Waals surface area contributed by atoms with E-state index in [4.69, 9.17) is 14.2 Å². The fourth-order valence-electron chi connectivity index (χ4n) is 3.75. The molecule has 5 N–H and O–H groups in total. The molecule has 1 aliphatic rings. The smallest absolute Gasteiger partial charge is 0.408 e. The summed E-state index contributed by atoms with van der Waals surface area (Å²) in [5.74, 6) is -2.64. The third kappa shape index (κ3) is 11.1. The summed E-state index contributed by atoms with van der Waals surface area (Å²) in [6.07, 6.45) is 2.45. The number of carbonyl (C=O) groups excluding carboxylic acids is 5. The highest BCUT2D eigenvalue weighted by Gasteiger charge is 2.30. The Morgan fingerprint density at radius 3 is 2.41 bits per heavy atom. The topological polar surface area (TPSA) is 181 Å². The van der Waals surface area contributed by atoms with Crippen LogP contribution in [0.15, 0.2) is 42.5 Å². The Balaban J connectivity index is 2.01. The molecule has 1 saturated heterocycles. The number of methoxy groups -OCH3 is 1. The van der Waals surface area contributed by atoms with E-state index in [1.165, 1.54) is 13.2 Å². The molecule has 1 aliphatic heterocycles. The second kappa shape index (κ2) is 16.8. The van der Waals surface area contributed by atoms with Crippen molar-refractivity contribution in [2.75, 3.05) is 33.5 Å². The largest absolute Gasteiger partial charge is 0.463 e. The van der Waals surface area contributed by atoms with Crippen molar-refractivity contribution in [1.29, 1.82) is 0 Å². The van der Waals surface area contributed by atoms with Crippen molar-refractivity contribution in [2.24, 2.45) is 5.92 Å². The van der Waals surface area contributed by atoms with Crippen molar-refractivity contribution in [1.82, 2.24) is 21.3 Å². The summed E-state index contributed by atoms with van der Waals surface area (Å²) in [5, 5.41) is 19.8. The summed E-state index contributed by atoms with van der Waals surface area (Å²) >= 11 is 0. The SMILES string of the molecule is CCOC(=O)C=C[C@H](C[C@@H]1CCNC1=O)NC(=O)[C@H](COC)NC(=O)[C@H](CO)NC(=O)OCc1ccccc1. The molecular weight excluding hydrogens is 512 g/mol. The van der Waals surface area contributed by atoms with Crippen LogP contribution in [-0.2, 0) is 40.0 Å². The van der Waals surface area contributed by atoms with Gasteiger partial charge in [-0.2, -0.15) is 0 Å². The van der Waals surface area contributed by atoms with Crippen LogP contribution in [0.2, 0.25) is 0 Å². The van der Waals surface area contributed by atoms with Gasteiger partial charge in [-0.3, -0.25) is 14.4 Å². The zero-order chi connectivity index (χ0) is 28.6. The van der Waals surface area contributed by atoms with E-state index < -0.39 is 48.6 Å². The van der Waals surface area contributed by atoms with Crippen LogP contribution in [0.3, 0.4) is 0 Å². The number of rotatable bonds is 15. The summed E-state index contributed by atoms with van der Waals surface area (Å²) in [5.41, 5.74) is 0.733. The van der Waals surface area contributed by atoms with Crippen LogP contribution in [0.5, 0.6) is 0 Å². The molecule has 1 aromatic rings. The highest BCUT2D eigenvalue weighted by molar-refractivity contribution is 5.92. The number of hydrogen-bond donors (Lipinski definition) is 5. The first-order valence-electron chi connectivity index (χ1n) is 12.6. The van der Waals surface area contributed by atoms with Crippen LogP contribution in [0.4, 0.5) is 4.79 Å². The first kappa shape index (κ1) is 31.2. The predicted molar refractivity (Wildman–Crippen MR) is 138 cm³/mol. The van der Waals surface area contributed by atoms with Gasteiger partial charge in [0, 0.05) is 31.7 Å². The molecule has 1 fully saturated rings. The van der Waals surface area contributed by atoms with Crippen molar-refractivity contribution in [2.45, 2.75) is 44.5 Å². The van der Waals surface area contributed by atoms with Crippen LogP contribution < -0.4 is 21.3 Å². The number of aliphatic hydroxyl groups excluding tert-OH is 1. The Morgan fingerprint density at radius 2 is 1.79 bits per heavy atom. The maximum absolute atomic E-state index is 13.1. The van der Waals surface area contributed by atoms with Crippen LogP contribution in [-0.4, -0.2) is 86.5 Å². The third-order valence-corrected chi connectivity index (χ3v) is 5.75. The van der Waals surface area contributed by atoms with E-state index in [1.54, 1.807) is 31.2 Å². The van der Waals surface area contributed by atoms with Crippen LogP contribution in [0.1, 0.15) is 25.3 Å². The number of ether oxygens (including phenoxy) is 3. The molecule has 4 amide bonds. The predicted octanol–water partition coefficient (Wildman–Crippen LogP) is -0.465. The first-order valence-corrected chi connectivity index (χ1v) is 12.6. The van der Waals surface area contributed by atoms with Gasteiger partial charge in [-0.1, -0.05) is 36.4 Å². The van der Waals surface area contributed by atoms with E-state index in [-0.39, 0.29) is 38.1 Å². The summed E-state index contributed by atoms with van der Waals surface area (Å²) < 4.78 is 15.0. The van der Waals surface area contributed by atoms with Crippen LogP contribution in [0, 0.1) is 5.92 Å². The molecule has 2 rings (SSSR count). The molecule has 13 nitrogen and oxygen atoms in total. The van der Waals surface area contributed by atoms with E-state index >= 15 is 0 Å². The first-order chi connectivity index (χ1) is 18.8. The molecule has 1 heterocycles. The van der Waals surface area contributed by atoms with Crippen molar-refractivity contribution in [3.05, 3.63) is 48.0 Å². The summed E-state index contributed by atoms with van der Waals surface area (Å²) in [7, 11) is 1.33. The maximum atomic E-state index is 13.1. The monoisotopic (exact) mass is 548 g/mol. The number of aliphatic hydroxyl groups is 1. The van der Waals surface area contributed by atoms with Gasteiger partial charge in [-0.15, -0.1) is 0 Å². The van der Waals surface area contributed by atoms with Gasteiger partial charge in [-0.05, 0) is 25.3 Å². The van der Waals surface area contributed by atoms with Gasteiger partial charge in [0.2, 0.25) is 17.7 Å². The fraction of sp³-hybridized carbons (Fsp3) is 0.500. The highest BCUT2D eigenvalue weighted by Crippen LogP contribution is 2.17. The minimum Gasteiger partial charge on any atom is -0.463 e. The van der Waals surface area contributed by atoms with E-state index in [2.05, 4.69) is 21.3 Å². The Morgan fingerprint density at radius 1 is 1.08 bits per heavy atom. The third-order valence-electron chi connectivity index (χ3n) is 5.75. The molecule has 0 radical (unpaired) electrons. The second-order valence-corrected chi connectivity index (χ2v) is 8.70. The lowest BCUT2D eigenvalue weighted by atomic mass is 9.97. The molecule has 0 aromatic heterocycles. The van der Waals surface area contributed by atoms with E-state index in [9.17, 15) is 29.1 Å². The van der Waals surface area contributed by atoms with Gasteiger partial charge in [0.25, 0.3) is 0 Å².